The SMILES string of the molecule is O=C(Cc1ccc2c(cnn2-c2ccc(CC(=O)C3CCC3)cc2)c1)c1ccc(N2CCOCC2)cc1. The van der Waals surface area contributed by atoms with Crippen LogP contribution in [0.1, 0.15) is 40.7 Å². The zero-order valence-corrected chi connectivity index (χ0v) is 20.9. The molecule has 6 nitrogen and oxygen atoms in total. The van der Waals surface area contributed by atoms with Crippen LogP contribution in [-0.2, 0) is 22.4 Å². The van der Waals surface area contributed by atoms with Gasteiger partial charge in [0.2, 0.25) is 0 Å². The molecule has 37 heavy (non-hydrogen) atoms. The van der Waals surface area contributed by atoms with E-state index in [1.807, 2.05) is 77.6 Å². The monoisotopic (exact) mass is 493 g/mol. The lowest BCUT2D eigenvalue weighted by Crippen LogP contribution is -2.36. The van der Waals surface area contributed by atoms with Crippen molar-refractivity contribution < 1.29 is 14.3 Å². The summed E-state index contributed by atoms with van der Waals surface area (Å²) in [5.41, 5.74) is 5.83. The third-order valence-corrected chi connectivity index (χ3v) is 7.68. The highest BCUT2D eigenvalue weighted by Gasteiger charge is 2.24. The van der Waals surface area contributed by atoms with E-state index in [4.69, 9.17) is 4.74 Å². The predicted molar refractivity (Wildman–Crippen MR) is 145 cm³/mol. The van der Waals surface area contributed by atoms with Crippen molar-refractivity contribution in [2.75, 3.05) is 31.2 Å². The molecule has 2 heterocycles. The lowest BCUT2D eigenvalue weighted by molar-refractivity contribution is -0.124. The number of Topliss-reactive ketones (excluding diaryl/α,β-unsaturated/α-hetero) is 2. The van der Waals surface area contributed by atoms with Crippen LogP contribution in [0.2, 0.25) is 0 Å². The quantitative estimate of drug-likeness (QED) is 0.316. The van der Waals surface area contributed by atoms with Gasteiger partial charge in [-0.25, -0.2) is 4.68 Å². The third-order valence-electron chi connectivity index (χ3n) is 7.68. The Bertz CT molecular complexity index is 1410. The molecule has 0 unspecified atom stereocenters. The second-order valence-electron chi connectivity index (χ2n) is 10.1. The van der Waals surface area contributed by atoms with E-state index in [-0.39, 0.29) is 11.7 Å². The largest absolute Gasteiger partial charge is 0.378 e. The van der Waals surface area contributed by atoms with Crippen molar-refractivity contribution in [3.05, 3.63) is 89.6 Å². The van der Waals surface area contributed by atoms with Crippen LogP contribution < -0.4 is 4.90 Å². The highest BCUT2D eigenvalue weighted by Crippen LogP contribution is 2.28. The smallest absolute Gasteiger partial charge is 0.167 e. The average Bonchev–Trinajstić information content (AvgIpc) is 3.32. The Hall–Kier alpha value is -3.77. The van der Waals surface area contributed by atoms with Crippen LogP contribution in [0.5, 0.6) is 0 Å². The summed E-state index contributed by atoms with van der Waals surface area (Å²) in [6, 6.07) is 22.1. The van der Waals surface area contributed by atoms with E-state index in [1.54, 1.807) is 0 Å². The van der Waals surface area contributed by atoms with Gasteiger partial charge in [-0.1, -0.05) is 24.6 Å². The molecule has 0 radical (unpaired) electrons. The second kappa shape index (κ2) is 10.3. The zero-order valence-electron chi connectivity index (χ0n) is 20.9. The van der Waals surface area contributed by atoms with Crippen LogP contribution in [0.15, 0.2) is 72.9 Å². The second-order valence-corrected chi connectivity index (χ2v) is 10.1. The van der Waals surface area contributed by atoms with Crippen LogP contribution in [0.3, 0.4) is 0 Å². The van der Waals surface area contributed by atoms with Crippen LogP contribution in [0, 0.1) is 5.92 Å². The van der Waals surface area contributed by atoms with Gasteiger partial charge < -0.3 is 9.64 Å². The van der Waals surface area contributed by atoms with Crippen molar-refractivity contribution >= 4 is 28.2 Å². The molecular weight excluding hydrogens is 462 g/mol. The molecule has 3 aromatic carbocycles. The summed E-state index contributed by atoms with van der Waals surface area (Å²) in [5.74, 6) is 0.733. The molecule has 6 heteroatoms. The first-order chi connectivity index (χ1) is 18.1. The highest BCUT2D eigenvalue weighted by atomic mass is 16.5. The summed E-state index contributed by atoms with van der Waals surface area (Å²) in [5, 5.41) is 5.59. The fraction of sp³-hybridized carbons (Fsp3) is 0.323. The molecule has 2 aliphatic rings. The van der Waals surface area contributed by atoms with E-state index >= 15 is 0 Å². The minimum Gasteiger partial charge on any atom is -0.378 e. The Balaban J connectivity index is 1.12. The first-order valence-electron chi connectivity index (χ1n) is 13.2. The fourth-order valence-electron chi connectivity index (χ4n) is 5.20. The lowest BCUT2D eigenvalue weighted by Gasteiger charge is -2.28. The van der Waals surface area contributed by atoms with Crippen molar-refractivity contribution in [2.45, 2.75) is 32.1 Å². The number of ketones is 2. The number of benzene rings is 3. The standard InChI is InChI=1S/C31H31N3O3/c35-30(24-2-1-3-24)19-22-4-9-28(10-5-22)34-29-13-6-23(18-26(29)21-32-34)20-31(36)25-7-11-27(12-8-25)33-14-16-37-17-15-33/h4-13,18,21,24H,1-3,14-17,19-20H2. The van der Waals surface area contributed by atoms with Crippen molar-refractivity contribution in [3.8, 4) is 5.69 Å². The van der Waals surface area contributed by atoms with Crippen LogP contribution in [0.25, 0.3) is 16.6 Å². The van der Waals surface area contributed by atoms with E-state index in [0.717, 1.165) is 78.1 Å². The summed E-state index contributed by atoms with van der Waals surface area (Å²) < 4.78 is 7.33. The molecule has 0 atom stereocenters. The van der Waals surface area contributed by atoms with Crippen molar-refractivity contribution in [3.63, 3.8) is 0 Å². The van der Waals surface area contributed by atoms with Crippen molar-refractivity contribution in [1.29, 1.82) is 0 Å². The highest BCUT2D eigenvalue weighted by molar-refractivity contribution is 5.98. The number of morpholine rings is 1. The maximum absolute atomic E-state index is 13.0. The number of carbonyl (C=O) groups excluding carboxylic acids is 2. The summed E-state index contributed by atoms with van der Waals surface area (Å²) >= 11 is 0. The van der Waals surface area contributed by atoms with E-state index in [1.165, 1.54) is 6.42 Å². The number of nitrogens with zero attached hydrogens (tertiary/aromatic N) is 3. The number of aromatic nitrogens is 2. The molecule has 4 aromatic rings. The van der Waals surface area contributed by atoms with Gasteiger partial charge in [0.05, 0.1) is 30.6 Å². The van der Waals surface area contributed by atoms with Gasteiger partial charge >= 0.3 is 0 Å². The van der Waals surface area contributed by atoms with E-state index in [2.05, 4.69) is 10.00 Å². The molecule has 1 aliphatic heterocycles. The predicted octanol–water partition coefficient (Wildman–Crippen LogP) is 5.20. The molecule has 1 aromatic heterocycles. The number of ether oxygens (including phenoxy) is 1. The van der Waals surface area contributed by atoms with Crippen LogP contribution in [0.4, 0.5) is 5.69 Å². The first kappa shape index (κ1) is 23.6. The number of carbonyl (C=O) groups is 2. The normalized spacial score (nSPS) is 16.1. The first-order valence-corrected chi connectivity index (χ1v) is 13.2. The minimum atomic E-state index is 0.104. The van der Waals surface area contributed by atoms with Gasteiger partial charge in [0, 0.05) is 48.5 Å². The Kier molecular flexibility index (Phi) is 6.58. The zero-order chi connectivity index (χ0) is 25.2. The van der Waals surface area contributed by atoms with Crippen LogP contribution >= 0.6 is 0 Å². The van der Waals surface area contributed by atoms with Gasteiger partial charge in [-0.15, -0.1) is 0 Å². The van der Waals surface area contributed by atoms with Crippen molar-refractivity contribution in [2.24, 2.45) is 5.92 Å². The number of hydrogen-bond donors (Lipinski definition) is 0. The molecule has 1 saturated carbocycles. The van der Waals surface area contributed by atoms with Crippen molar-refractivity contribution in [1.82, 2.24) is 9.78 Å². The fourth-order valence-corrected chi connectivity index (χ4v) is 5.20. The van der Waals surface area contributed by atoms with Gasteiger partial charge in [-0.05, 0) is 72.5 Å². The van der Waals surface area contributed by atoms with E-state index in [9.17, 15) is 9.59 Å². The number of rotatable bonds is 8. The molecule has 0 amide bonds. The van der Waals surface area contributed by atoms with Crippen LogP contribution in [-0.4, -0.2) is 47.7 Å². The van der Waals surface area contributed by atoms with E-state index in [0.29, 0.717) is 18.6 Å². The number of anilines is 1. The topological polar surface area (TPSA) is 64.4 Å². The Morgan fingerprint density at radius 1 is 0.838 bits per heavy atom. The Morgan fingerprint density at radius 3 is 2.24 bits per heavy atom. The van der Waals surface area contributed by atoms with Gasteiger partial charge in [0.15, 0.2) is 5.78 Å². The molecule has 188 valence electrons. The van der Waals surface area contributed by atoms with Gasteiger partial charge in [0.25, 0.3) is 0 Å². The average molecular weight is 494 g/mol. The third kappa shape index (κ3) is 5.07. The molecule has 0 bridgehead atoms. The minimum absolute atomic E-state index is 0.104. The Labute approximate surface area is 216 Å². The summed E-state index contributed by atoms with van der Waals surface area (Å²) in [4.78, 5) is 27.6. The molecular formula is C31H31N3O3. The maximum atomic E-state index is 13.0. The lowest BCUT2D eigenvalue weighted by atomic mass is 9.80. The molecule has 0 N–H and O–H groups in total. The maximum Gasteiger partial charge on any atom is 0.167 e. The molecule has 0 spiro atoms. The summed E-state index contributed by atoms with van der Waals surface area (Å²) in [6.45, 7) is 3.25. The molecule has 1 aliphatic carbocycles. The summed E-state index contributed by atoms with van der Waals surface area (Å²) in [7, 11) is 0. The van der Waals surface area contributed by atoms with Gasteiger partial charge in [-0.2, -0.15) is 5.10 Å². The Morgan fingerprint density at radius 2 is 1.54 bits per heavy atom. The number of hydrogen-bond acceptors (Lipinski definition) is 5. The summed E-state index contributed by atoms with van der Waals surface area (Å²) in [6.07, 6.45) is 5.98. The van der Waals surface area contributed by atoms with Gasteiger partial charge in [0.1, 0.15) is 5.78 Å². The molecule has 2 fully saturated rings. The van der Waals surface area contributed by atoms with Gasteiger partial charge in [-0.3, -0.25) is 9.59 Å². The molecule has 1 saturated heterocycles. The number of fused-ring (bicyclic) bond motifs is 1. The van der Waals surface area contributed by atoms with E-state index < -0.39 is 0 Å². The molecule has 6 rings (SSSR count).